The number of benzene rings is 2. The van der Waals surface area contributed by atoms with Crippen LogP contribution in [0.15, 0.2) is 47.4 Å². The molecule has 0 bridgehead atoms. The zero-order chi connectivity index (χ0) is 18.7. The number of aliphatic hydroxyl groups excluding tert-OH is 1. The second-order valence-electron chi connectivity index (χ2n) is 6.45. The van der Waals surface area contributed by atoms with E-state index in [1.807, 2.05) is 6.07 Å². The highest BCUT2D eigenvalue weighted by Gasteiger charge is 2.24. The van der Waals surface area contributed by atoms with Gasteiger partial charge in [0.05, 0.1) is 22.6 Å². The highest BCUT2D eigenvalue weighted by Crippen LogP contribution is 2.26. The van der Waals surface area contributed by atoms with Crippen molar-refractivity contribution in [1.29, 1.82) is 5.26 Å². The zero-order valence-corrected chi connectivity index (χ0v) is 14.8. The predicted octanol–water partition coefficient (Wildman–Crippen LogP) is 2.95. The molecule has 0 spiro atoms. The van der Waals surface area contributed by atoms with Crippen LogP contribution in [0.5, 0.6) is 0 Å². The maximum atomic E-state index is 13.3. The van der Waals surface area contributed by atoms with E-state index >= 15 is 0 Å². The number of sulfonamides is 1. The van der Waals surface area contributed by atoms with Crippen LogP contribution >= 0.6 is 0 Å². The lowest BCUT2D eigenvalue weighted by Crippen LogP contribution is -2.38. The lowest BCUT2D eigenvalue weighted by atomic mass is 9.94. The van der Waals surface area contributed by atoms with Gasteiger partial charge in [-0.2, -0.15) is 5.26 Å². The smallest absolute Gasteiger partial charge is 0.240 e. The first-order valence-corrected chi connectivity index (χ1v) is 9.88. The van der Waals surface area contributed by atoms with Gasteiger partial charge in [-0.15, -0.1) is 0 Å². The molecule has 2 aromatic rings. The third-order valence-corrected chi connectivity index (χ3v) is 6.13. The number of aliphatic hydroxyl groups is 1. The fourth-order valence-electron chi connectivity index (χ4n) is 3.16. The molecule has 5 nitrogen and oxygen atoms in total. The van der Waals surface area contributed by atoms with Crippen LogP contribution in [-0.2, 0) is 10.0 Å². The summed E-state index contributed by atoms with van der Waals surface area (Å²) in [7, 11) is -3.66. The average Bonchev–Trinajstić information content (AvgIpc) is 2.63. The van der Waals surface area contributed by atoms with Crippen LogP contribution in [0.2, 0.25) is 0 Å². The number of hydrogen-bond acceptors (Lipinski definition) is 4. The van der Waals surface area contributed by atoms with E-state index in [1.54, 1.807) is 12.1 Å². The van der Waals surface area contributed by atoms with Gasteiger partial charge in [0.15, 0.2) is 0 Å². The minimum absolute atomic E-state index is 0.132. The molecule has 0 amide bonds. The Morgan fingerprint density at radius 2 is 1.73 bits per heavy atom. The number of nitriles is 1. The third kappa shape index (κ3) is 4.10. The molecule has 1 saturated carbocycles. The average molecular weight is 374 g/mol. The molecule has 0 aliphatic heterocycles. The van der Waals surface area contributed by atoms with Crippen molar-refractivity contribution in [2.45, 2.75) is 42.7 Å². The maximum Gasteiger partial charge on any atom is 0.240 e. The molecule has 136 valence electrons. The van der Waals surface area contributed by atoms with Gasteiger partial charge in [0.1, 0.15) is 5.82 Å². The van der Waals surface area contributed by atoms with Crippen molar-refractivity contribution in [1.82, 2.24) is 4.72 Å². The molecule has 7 heteroatoms. The fourth-order valence-corrected chi connectivity index (χ4v) is 4.46. The summed E-state index contributed by atoms with van der Waals surface area (Å²) in [5.41, 5.74) is 1.38. The molecule has 1 fully saturated rings. The third-order valence-electron chi connectivity index (χ3n) is 4.60. The molecule has 0 saturated heterocycles. The Kier molecular flexibility index (Phi) is 5.37. The highest BCUT2D eigenvalue weighted by molar-refractivity contribution is 7.89. The van der Waals surface area contributed by atoms with E-state index in [0.717, 1.165) is 6.07 Å². The summed E-state index contributed by atoms with van der Waals surface area (Å²) >= 11 is 0. The van der Waals surface area contributed by atoms with Crippen LogP contribution in [0.25, 0.3) is 11.1 Å². The number of hydrogen-bond donors (Lipinski definition) is 2. The first kappa shape index (κ1) is 18.5. The van der Waals surface area contributed by atoms with Gasteiger partial charge in [0, 0.05) is 6.04 Å². The lowest BCUT2D eigenvalue weighted by molar-refractivity contribution is 0.120. The Morgan fingerprint density at radius 3 is 2.35 bits per heavy atom. The first-order chi connectivity index (χ1) is 12.4. The summed E-state index contributed by atoms with van der Waals surface area (Å²) in [6.45, 7) is 0. The van der Waals surface area contributed by atoms with Crippen molar-refractivity contribution in [3.63, 3.8) is 0 Å². The molecular formula is C19H19FN2O3S. The standard InChI is InChI=1S/C19H19FN2O3S/c20-15-3-10-19(14(11-15)12-21)13-1-8-18(9-2-13)26(24,25)22-16-4-6-17(23)7-5-16/h1-3,8-11,16-17,22-23H,4-7H2. The van der Waals surface area contributed by atoms with Crippen molar-refractivity contribution < 1.29 is 17.9 Å². The van der Waals surface area contributed by atoms with E-state index in [1.165, 1.54) is 24.3 Å². The molecule has 0 radical (unpaired) electrons. The molecule has 0 atom stereocenters. The van der Waals surface area contributed by atoms with Crippen molar-refractivity contribution in [3.05, 3.63) is 53.8 Å². The number of nitrogens with one attached hydrogen (secondary N) is 1. The van der Waals surface area contributed by atoms with E-state index in [2.05, 4.69) is 4.72 Å². The molecular weight excluding hydrogens is 355 g/mol. The van der Waals surface area contributed by atoms with Gasteiger partial charge in [-0.25, -0.2) is 17.5 Å². The Morgan fingerprint density at radius 1 is 1.08 bits per heavy atom. The van der Waals surface area contributed by atoms with Crippen molar-refractivity contribution in [2.75, 3.05) is 0 Å². The van der Waals surface area contributed by atoms with E-state index in [-0.39, 0.29) is 22.6 Å². The molecule has 26 heavy (non-hydrogen) atoms. The highest BCUT2D eigenvalue weighted by atomic mass is 32.2. The van der Waals surface area contributed by atoms with Crippen molar-refractivity contribution in [2.24, 2.45) is 0 Å². The van der Waals surface area contributed by atoms with E-state index in [0.29, 0.717) is 36.8 Å². The quantitative estimate of drug-likeness (QED) is 0.861. The number of halogens is 1. The van der Waals surface area contributed by atoms with Gasteiger partial charge in [-0.3, -0.25) is 0 Å². The minimum atomic E-state index is -3.66. The predicted molar refractivity (Wildman–Crippen MR) is 95.1 cm³/mol. The first-order valence-electron chi connectivity index (χ1n) is 8.39. The van der Waals surface area contributed by atoms with Gasteiger partial charge < -0.3 is 5.11 Å². The van der Waals surface area contributed by atoms with Crippen molar-refractivity contribution in [3.8, 4) is 17.2 Å². The lowest BCUT2D eigenvalue weighted by Gasteiger charge is -2.26. The molecule has 3 rings (SSSR count). The van der Waals surface area contributed by atoms with Crippen LogP contribution in [0, 0.1) is 17.1 Å². The van der Waals surface area contributed by atoms with E-state index < -0.39 is 15.8 Å². The Labute approximate surface area is 152 Å². The number of rotatable bonds is 4. The minimum Gasteiger partial charge on any atom is -0.393 e. The largest absolute Gasteiger partial charge is 0.393 e. The summed E-state index contributed by atoms with van der Waals surface area (Å²) in [6, 6.07) is 11.8. The van der Waals surface area contributed by atoms with Crippen LogP contribution in [0.1, 0.15) is 31.2 Å². The van der Waals surface area contributed by atoms with Crippen LogP contribution in [-0.4, -0.2) is 25.7 Å². The summed E-state index contributed by atoms with van der Waals surface area (Å²) in [5.74, 6) is -0.494. The summed E-state index contributed by atoms with van der Waals surface area (Å²) < 4.78 is 41.0. The molecule has 1 aliphatic rings. The monoisotopic (exact) mass is 374 g/mol. The molecule has 0 heterocycles. The summed E-state index contributed by atoms with van der Waals surface area (Å²) in [5, 5.41) is 18.7. The summed E-state index contributed by atoms with van der Waals surface area (Å²) in [4.78, 5) is 0.132. The van der Waals surface area contributed by atoms with Gasteiger partial charge >= 0.3 is 0 Å². The van der Waals surface area contributed by atoms with E-state index in [9.17, 15) is 17.9 Å². The fraction of sp³-hybridized carbons (Fsp3) is 0.316. The Hall–Kier alpha value is -2.27. The Balaban J connectivity index is 1.80. The topological polar surface area (TPSA) is 90.2 Å². The molecule has 0 unspecified atom stereocenters. The Bertz CT molecular complexity index is 928. The zero-order valence-electron chi connectivity index (χ0n) is 14.0. The second-order valence-corrected chi connectivity index (χ2v) is 8.17. The SMILES string of the molecule is N#Cc1cc(F)ccc1-c1ccc(S(=O)(=O)NC2CCC(O)CC2)cc1. The van der Waals surface area contributed by atoms with Gasteiger partial charge in [0.25, 0.3) is 0 Å². The normalized spacial score (nSPS) is 20.5. The van der Waals surface area contributed by atoms with Crippen LogP contribution in [0.4, 0.5) is 4.39 Å². The summed E-state index contributed by atoms with van der Waals surface area (Å²) in [6.07, 6.45) is 2.06. The van der Waals surface area contributed by atoms with E-state index in [4.69, 9.17) is 5.26 Å². The molecule has 2 N–H and O–H groups in total. The molecule has 0 aromatic heterocycles. The van der Waals surface area contributed by atoms with Gasteiger partial charge in [-0.1, -0.05) is 18.2 Å². The number of nitrogens with zero attached hydrogens (tertiary/aromatic N) is 1. The van der Waals surface area contributed by atoms with Gasteiger partial charge in [-0.05, 0) is 61.1 Å². The molecule has 1 aliphatic carbocycles. The van der Waals surface area contributed by atoms with Crippen LogP contribution in [0.3, 0.4) is 0 Å². The van der Waals surface area contributed by atoms with Crippen molar-refractivity contribution >= 4 is 10.0 Å². The maximum absolute atomic E-state index is 13.3. The molecule has 2 aromatic carbocycles. The van der Waals surface area contributed by atoms with Crippen LogP contribution < -0.4 is 4.72 Å². The second kappa shape index (κ2) is 7.54. The van der Waals surface area contributed by atoms with Gasteiger partial charge in [0.2, 0.25) is 10.0 Å².